The molecule has 6 heteroatoms. The van der Waals surface area contributed by atoms with Gasteiger partial charge in [0.2, 0.25) is 0 Å². The molecule has 0 N–H and O–H groups in total. The molecule has 0 aromatic rings. The van der Waals surface area contributed by atoms with Crippen molar-refractivity contribution in [3.05, 3.63) is 0 Å². The number of hydrogen-bond donors (Lipinski definition) is 0. The van der Waals surface area contributed by atoms with Crippen LogP contribution in [0, 0.1) is 0 Å². The maximum Gasteiger partial charge on any atom is 0.410 e. The van der Waals surface area contributed by atoms with Crippen LogP contribution in [-0.2, 0) is 14.6 Å². The van der Waals surface area contributed by atoms with Gasteiger partial charge in [-0.2, -0.15) is 0 Å². The number of ether oxygens (including phenoxy) is 1. The van der Waals surface area contributed by atoms with Crippen molar-refractivity contribution in [2.75, 3.05) is 18.8 Å². The fraction of sp³-hybridized carbons (Fsp3) is 0.900. The Morgan fingerprint density at radius 1 is 1.38 bits per heavy atom. The second-order valence-corrected chi connectivity index (χ2v) is 7.64. The summed E-state index contributed by atoms with van der Waals surface area (Å²) in [4.78, 5) is 13.1. The van der Waals surface area contributed by atoms with Crippen LogP contribution in [0.5, 0.6) is 0 Å². The first-order chi connectivity index (χ1) is 7.12. The van der Waals surface area contributed by atoms with Crippen LogP contribution in [0.1, 0.15) is 27.7 Å². The van der Waals surface area contributed by atoms with Gasteiger partial charge >= 0.3 is 6.09 Å². The molecule has 1 amide bonds. The number of hydrogen-bond acceptors (Lipinski definition) is 4. The van der Waals surface area contributed by atoms with Crippen molar-refractivity contribution in [3.63, 3.8) is 0 Å². The van der Waals surface area contributed by atoms with Gasteiger partial charge in [0.1, 0.15) is 5.60 Å². The minimum Gasteiger partial charge on any atom is -0.444 e. The van der Waals surface area contributed by atoms with E-state index in [2.05, 4.69) is 0 Å². The molecule has 0 saturated carbocycles. The van der Waals surface area contributed by atoms with Crippen molar-refractivity contribution < 1.29 is 17.9 Å². The lowest BCUT2D eigenvalue weighted by Gasteiger charge is -2.32. The van der Waals surface area contributed by atoms with Crippen molar-refractivity contribution in [2.24, 2.45) is 0 Å². The summed E-state index contributed by atoms with van der Waals surface area (Å²) in [5.41, 5.74) is -0.545. The summed E-state index contributed by atoms with van der Waals surface area (Å²) >= 11 is 0. The quantitative estimate of drug-likeness (QED) is 0.643. The highest BCUT2D eigenvalue weighted by Crippen LogP contribution is 2.15. The monoisotopic (exact) mass is 249 g/mol. The molecule has 1 heterocycles. The molecule has 0 spiro atoms. The molecule has 1 saturated heterocycles. The second kappa shape index (κ2) is 4.24. The molecule has 5 nitrogen and oxygen atoms in total. The highest BCUT2D eigenvalue weighted by molar-refractivity contribution is 7.92. The number of nitrogens with zero attached hydrogens (tertiary/aromatic N) is 1. The molecule has 0 aliphatic carbocycles. The number of amides is 1. The average molecular weight is 249 g/mol. The SMILES string of the molecule is CC1CN(C(=O)OC(C)(C)C)CCS1(=O)=O. The molecule has 1 aliphatic heterocycles. The molecule has 0 aromatic carbocycles. The van der Waals surface area contributed by atoms with Crippen LogP contribution < -0.4 is 0 Å². The van der Waals surface area contributed by atoms with Gasteiger partial charge < -0.3 is 9.64 Å². The van der Waals surface area contributed by atoms with Gasteiger partial charge in [-0.05, 0) is 27.7 Å². The number of carbonyl (C=O) groups excluding carboxylic acids is 1. The Labute approximate surface area is 96.7 Å². The van der Waals surface area contributed by atoms with E-state index in [1.54, 1.807) is 27.7 Å². The number of rotatable bonds is 0. The van der Waals surface area contributed by atoms with E-state index >= 15 is 0 Å². The van der Waals surface area contributed by atoms with Crippen LogP contribution in [0.25, 0.3) is 0 Å². The van der Waals surface area contributed by atoms with Crippen LogP contribution in [0.4, 0.5) is 4.79 Å². The molecule has 0 radical (unpaired) electrons. The zero-order chi connectivity index (χ0) is 12.6. The van der Waals surface area contributed by atoms with E-state index in [1.807, 2.05) is 0 Å². The topological polar surface area (TPSA) is 63.7 Å². The maximum absolute atomic E-state index is 11.7. The van der Waals surface area contributed by atoms with Gasteiger partial charge in [-0.3, -0.25) is 0 Å². The lowest BCUT2D eigenvalue weighted by atomic mass is 10.2. The van der Waals surface area contributed by atoms with Crippen LogP contribution in [0.2, 0.25) is 0 Å². The Bertz CT molecular complexity index is 369. The molecule has 1 aliphatic rings. The van der Waals surface area contributed by atoms with E-state index in [0.29, 0.717) is 0 Å². The van der Waals surface area contributed by atoms with E-state index in [4.69, 9.17) is 4.74 Å². The zero-order valence-corrected chi connectivity index (χ0v) is 11.0. The van der Waals surface area contributed by atoms with Gasteiger partial charge in [0.15, 0.2) is 9.84 Å². The largest absolute Gasteiger partial charge is 0.444 e. The van der Waals surface area contributed by atoms with Gasteiger partial charge in [-0.1, -0.05) is 0 Å². The van der Waals surface area contributed by atoms with E-state index in [9.17, 15) is 13.2 Å². The number of carbonyl (C=O) groups is 1. The molecule has 94 valence electrons. The smallest absolute Gasteiger partial charge is 0.410 e. The number of sulfone groups is 1. The van der Waals surface area contributed by atoms with Crippen LogP contribution in [-0.4, -0.2) is 49.1 Å². The first-order valence-electron chi connectivity index (χ1n) is 5.31. The summed E-state index contributed by atoms with van der Waals surface area (Å²) in [6, 6.07) is 0. The highest BCUT2D eigenvalue weighted by Gasteiger charge is 2.33. The summed E-state index contributed by atoms with van der Waals surface area (Å²) in [6.45, 7) is 7.42. The highest BCUT2D eigenvalue weighted by atomic mass is 32.2. The van der Waals surface area contributed by atoms with Crippen molar-refractivity contribution in [1.82, 2.24) is 4.90 Å². The Morgan fingerprint density at radius 2 is 1.94 bits per heavy atom. The third-order valence-electron chi connectivity index (χ3n) is 2.39. The zero-order valence-electron chi connectivity index (χ0n) is 10.2. The third kappa shape index (κ3) is 3.37. The van der Waals surface area contributed by atoms with E-state index in [-0.39, 0.29) is 18.8 Å². The Balaban J connectivity index is 2.62. The summed E-state index contributed by atoms with van der Waals surface area (Å²) in [5.74, 6) is 0.0212. The van der Waals surface area contributed by atoms with Gasteiger partial charge in [0, 0.05) is 13.1 Å². The van der Waals surface area contributed by atoms with Crippen molar-refractivity contribution in [1.29, 1.82) is 0 Å². The molecule has 0 aromatic heterocycles. The Kier molecular flexibility index (Phi) is 3.52. The summed E-state index contributed by atoms with van der Waals surface area (Å²) < 4.78 is 28.1. The lowest BCUT2D eigenvalue weighted by Crippen LogP contribution is -2.49. The van der Waals surface area contributed by atoms with Gasteiger partial charge in [-0.15, -0.1) is 0 Å². The first-order valence-corrected chi connectivity index (χ1v) is 7.03. The lowest BCUT2D eigenvalue weighted by molar-refractivity contribution is 0.0256. The summed E-state index contributed by atoms with van der Waals surface area (Å²) in [7, 11) is -3.02. The molecule has 1 atom stereocenters. The minimum absolute atomic E-state index is 0.0212. The van der Waals surface area contributed by atoms with Gasteiger partial charge in [0.05, 0.1) is 11.0 Å². The van der Waals surface area contributed by atoms with E-state index in [1.165, 1.54) is 4.90 Å². The normalized spacial score (nSPS) is 25.2. The van der Waals surface area contributed by atoms with Gasteiger partial charge in [0.25, 0.3) is 0 Å². The van der Waals surface area contributed by atoms with E-state index in [0.717, 1.165) is 0 Å². The second-order valence-electron chi connectivity index (χ2n) is 5.10. The Hall–Kier alpha value is -0.780. The maximum atomic E-state index is 11.7. The fourth-order valence-electron chi connectivity index (χ4n) is 1.45. The van der Waals surface area contributed by atoms with Crippen molar-refractivity contribution in [3.8, 4) is 0 Å². The molecule has 1 fully saturated rings. The van der Waals surface area contributed by atoms with Gasteiger partial charge in [-0.25, -0.2) is 13.2 Å². The van der Waals surface area contributed by atoms with Crippen LogP contribution in [0.15, 0.2) is 0 Å². The summed E-state index contributed by atoms with van der Waals surface area (Å²) in [6.07, 6.45) is -0.436. The third-order valence-corrected chi connectivity index (χ3v) is 4.51. The molecule has 16 heavy (non-hydrogen) atoms. The summed E-state index contributed by atoms with van der Waals surface area (Å²) in [5, 5.41) is -0.506. The molecule has 0 bridgehead atoms. The molecule has 1 unspecified atom stereocenters. The van der Waals surface area contributed by atoms with Crippen LogP contribution >= 0.6 is 0 Å². The molecule has 1 rings (SSSR count). The van der Waals surface area contributed by atoms with Crippen molar-refractivity contribution in [2.45, 2.75) is 38.5 Å². The fourth-order valence-corrected chi connectivity index (χ4v) is 2.73. The Morgan fingerprint density at radius 3 is 2.38 bits per heavy atom. The minimum atomic E-state index is -3.02. The average Bonchev–Trinajstić information content (AvgIpc) is 2.06. The van der Waals surface area contributed by atoms with Crippen molar-refractivity contribution >= 4 is 15.9 Å². The predicted molar refractivity (Wildman–Crippen MR) is 61.1 cm³/mol. The van der Waals surface area contributed by atoms with Crippen LogP contribution in [0.3, 0.4) is 0 Å². The standard InChI is InChI=1S/C10H19NO4S/c1-8-7-11(5-6-16(8,13)14)9(12)15-10(2,3)4/h8H,5-7H2,1-4H3. The molecular formula is C10H19NO4S. The molecular weight excluding hydrogens is 230 g/mol. The predicted octanol–water partition coefficient (Wildman–Crippen LogP) is 1.04. The van der Waals surface area contributed by atoms with E-state index < -0.39 is 26.8 Å². The first kappa shape index (κ1) is 13.3.